The topological polar surface area (TPSA) is 109 Å². The van der Waals surface area contributed by atoms with Crippen LogP contribution in [-0.2, 0) is 28.5 Å². The molecule has 11 nitrogen and oxygen atoms in total. The second-order valence-electron chi connectivity index (χ2n) is 10.2. The van der Waals surface area contributed by atoms with Gasteiger partial charge in [0.2, 0.25) is 0 Å². The molecule has 0 bridgehead atoms. The van der Waals surface area contributed by atoms with Crippen molar-refractivity contribution in [1.29, 1.82) is 5.26 Å². The molecule has 4 rings (SSSR count). The number of carbonyl (C=O) groups is 1. The molecule has 42 heavy (non-hydrogen) atoms. The largest absolute Gasteiger partial charge is 0.459 e. The van der Waals surface area contributed by atoms with Crippen LogP contribution >= 0.6 is 0 Å². The maximum Gasteiger partial charge on any atom is 0.348 e. The lowest BCUT2D eigenvalue weighted by atomic mass is 10.0. The molecule has 0 amide bonds. The van der Waals surface area contributed by atoms with Gasteiger partial charge in [-0.1, -0.05) is 18.2 Å². The number of carbonyl (C=O) groups excluding carboxylic acids is 1. The maximum absolute atomic E-state index is 12.4. The number of nitriles is 1. The fraction of sp³-hybridized carbons (Fsp3) is 0.548. The van der Waals surface area contributed by atoms with Crippen molar-refractivity contribution in [1.82, 2.24) is 15.3 Å². The van der Waals surface area contributed by atoms with Crippen molar-refractivity contribution >= 4 is 28.5 Å². The van der Waals surface area contributed by atoms with E-state index in [1.54, 1.807) is 13.2 Å². The van der Waals surface area contributed by atoms with E-state index in [0.29, 0.717) is 26.4 Å². The van der Waals surface area contributed by atoms with Gasteiger partial charge in [0.05, 0.1) is 46.2 Å². The van der Waals surface area contributed by atoms with Crippen LogP contribution in [0.2, 0.25) is 0 Å². The van der Waals surface area contributed by atoms with Crippen LogP contribution in [0.5, 0.6) is 0 Å². The first kappa shape index (κ1) is 31.8. The molecule has 0 aliphatic carbocycles. The van der Waals surface area contributed by atoms with Crippen molar-refractivity contribution in [3.63, 3.8) is 0 Å². The molecule has 2 aliphatic rings. The molecule has 2 aromatic rings. The molecule has 0 unspecified atom stereocenters. The van der Waals surface area contributed by atoms with Crippen molar-refractivity contribution in [3.05, 3.63) is 47.5 Å². The van der Waals surface area contributed by atoms with Crippen LogP contribution in [-0.4, -0.2) is 128 Å². The number of esters is 1. The Bertz CT molecular complexity index is 1190. The molecule has 0 atom stereocenters. The summed E-state index contributed by atoms with van der Waals surface area (Å²) in [4.78, 5) is 17.2. The zero-order valence-electron chi connectivity index (χ0n) is 24.6. The number of anilines is 1. The zero-order chi connectivity index (χ0) is 29.4. The van der Waals surface area contributed by atoms with Crippen LogP contribution < -0.4 is 10.3 Å². The van der Waals surface area contributed by atoms with Crippen LogP contribution in [0.25, 0.3) is 16.8 Å². The molecule has 0 radical (unpaired) electrons. The fourth-order valence-corrected chi connectivity index (χ4v) is 4.89. The Hall–Kier alpha value is -3.08. The Kier molecular flexibility index (Phi) is 13.5. The highest BCUT2D eigenvalue weighted by Gasteiger charge is 2.18. The molecule has 2 saturated heterocycles. The Morgan fingerprint density at radius 2 is 1.62 bits per heavy atom. The van der Waals surface area contributed by atoms with Crippen LogP contribution in [0.1, 0.15) is 5.56 Å². The number of nitrogens with zero attached hydrogens (tertiary/aromatic N) is 4. The Balaban J connectivity index is 1.21. The van der Waals surface area contributed by atoms with Crippen molar-refractivity contribution in [2.24, 2.45) is 0 Å². The third kappa shape index (κ3) is 10.3. The van der Waals surface area contributed by atoms with Crippen LogP contribution in [0.15, 0.2) is 42.0 Å². The first-order chi connectivity index (χ1) is 20.7. The van der Waals surface area contributed by atoms with Crippen molar-refractivity contribution in [2.75, 3.05) is 117 Å². The average Bonchev–Trinajstić information content (AvgIpc) is 3.03. The lowest BCUT2D eigenvalue weighted by Crippen LogP contribution is -2.53. The standard InChI is InChI=1S/C31H43N5O6/c1-38-16-17-40-18-19-41-20-21-42-31(37)29(25-32)23-26-2-3-28-24-30(5-4-27(28)22-26)35-8-10-36(11-9-35)33-6-7-34-12-14-39-15-13-34/h2-5,22-24,33H,6-21H2,1H3/b29-23+. The van der Waals surface area contributed by atoms with Gasteiger partial charge >= 0.3 is 5.97 Å². The highest BCUT2D eigenvalue weighted by Crippen LogP contribution is 2.25. The van der Waals surface area contributed by atoms with Gasteiger partial charge in [0.15, 0.2) is 0 Å². The van der Waals surface area contributed by atoms with Crippen molar-refractivity contribution in [3.8, 4) is 6.07 Å². The molecular weight excluding hydrogens is 538 g/mol. The summed E-state index contributed by atoms with van der Waals surface area (Å²) in [6.45, 7) is 11.7. The molecule has 0 aromatic heterocycles. The Labute approximate surface area is 248 Å². The highest BCUT2D eigenvalue weighted by molar-refractivity contribution is 5.98. The molecular formula is C31H43N5O6. The summed E-state index contributed by atoms with van der Waals surface area (Å²) in [5, 5.41) is 14.0. The number of methoxy groups -OCH3 is 1. The first-order valence-electron chi connectivity index (χ1n) is 14.7. The van der Waals surface area contributed by atoms with E-state index in [0.717, 1.165) is 81.9 Å². The number of hydrogen-bond donors (Lipinski definition) is 1. The molecule has 0 saturated carbocycles. The third-order valence-electron chi connectivity index (χ3n) is 7.28. The van der Waals surface area contributed by atoms with E-state index in [9.17, 15) is 10.1 Å². The number of rotatable bonds is 16. The van der Waals surface area contributed by atoms with Crippen LogP contribution in [0, 0.1) is 11.3 Å². The van der Waals surface area contributed by atoms with Gasteiger partial charge in [-0.05, 0) is 40.6 Å². The van der Waals surface area contributed by atoms with Gasteiger partial charge in [-0.3, -0.25) is 10.3 Å². The van der Waals surface area contributed by atoms with Crippen LogP contribution in [0.4, 0.5) is 5.69 Å². The summed E-state index contributed by atoms with van der Waals surface area (Å²) in [5.41, 5.74) is 5.50. The predicted molar refractivity (Wildman–Crippen MR) is 161 cm³/mol. The number of ether oxygens (including phenoxy) is 5. The zero-order valence-corrected chi connectivity index (χ0v) is 24.6. The number of hydrogen-bond acceptors (Lipinski definition) is 11. The van der Waals surface area contributed by atoms with Gasteiger partial charge in [0.1, 0.15) is 18.2 Å². The van der Waals surface area contributed by atoms with E-state index in [2.05, 4.69) is 38.4 Å². The molecule has 2 fully saturated rings. The molecule has 1 N–H and O–H groups in total. The summed E-state index contributed by atoms with van der Waals surface area (Å²) in [6.07, 6.45) is 1.56. The summed E-state index contributed by atoms with van der Waals surface area (Å²) in [6, 6.07) is 14.3. The highest BCUT2D eigenvalue weighted by atomic mass is 16.6. The van der Waals surface area contributed by atoms with Gasteiger partial charge in [0, 0.05) is 65.2 Å². The number of hydrazine groups is 1. The summed E-state index contributed by atoms with van der Waals surface area (Å²) in [5.74, 6) is -0.664. The van der Waals surface area contributed by atoms with Gasteiger partial charge in [-0.2, -0.15) is 5.26 Å². The summed E-state index contributed by atoms with van der Waals surface area (Å²) >= 11 is 0. The molecule has 228 valence electrons. The minimum Gasteiger partial charge on any atom is -0.459 e. The second kappa shape index (κ2) is 17.8. The smallest absolute Gasteiger partial charge is 0.348 e. The van der Waals surface area contributed by atoms with Crippen LogP contribution in [0.3, 0.4) is 0 Å². The maximum atomic E-state index is 12.4. The third-order valence-corrected chi connectivity index (χ3v) is 7.28. The van der Waals surface area contributed by atoms with E-state index in [1.165, 1.54) is 5.69 Å². The van der Waals surface area contributed by atoms with E-state index in [-0.39, 0.29) is 18.8 Å². The minimum atomic E-state index is -0.664. The summed E-state index contributed by atoms with van der Waals surface area (Å²) in [7, 11) is 1.62. The predicted octanol–water partition coefficient (Wildman–Crippen LogP) is 1.93. The van der Waals surface area contributed by atoms with Gasteiger partial charge in [-0.25, -0.2) is 9.80 Å². The number of benzene rings is 2. The van der Waals surface area contributed by atoms with Crippen molar-refractivity contribution < 1.29 is 28.5 Å². The summed E-state index contributed by atoms with van der Waals surface area (Å²) < 4.78 is 26.2. The Morgan fingerprint density at radius 3 is 2.36 bits per heavy atom. The number of fused-ring (bicyclic) bond motifs is 1. The molecule has 0 spiro atoms. The number of morpholine rings is 1. The molecule has 2 aromatic carbocycles. The number of nitrogens with one attached hydrogen (secondary N) is 1. The number of piperazine rings is 1. The van der Waals surface area contributed by atoms with Gasteiger partial charge in [0.25, 0.3) is 0 Å². The lowest BCUT2D eigenvalue weighted by Gasteiger charge is -2.37. The van der Waals surface area contributed by atoms with E-state index >= 15 is 0 Å². The first-order valence-corrected chi connectivity index (χ1v) is 14.7. The Morgan fingerprint density at radius 1 is 0.929 bits per heavy atom. The minimum absolute atomic E-state index is 0.0507. The fourth-order valence-electron chi connectivity index (χ4n) is 4.89. The normalized spacial score (nSPS) is 17.0. The SMILES string of the molecule is COCCOCCOCCOC(=O)/C(C#N)=C/c1ccc2cc(N3CCN(NCCN4CCOCC4)CC3)ccc2c1. The van der Waals surface area contributed by atoms with E-state index in [1.807, 2.05) is 24.3 Å². The van der Waals surface area contributed by atoms with Gasteiger partial charge in [-0.15, -0.1) is 0 Å². The quantitative estimate of drug-likeness (QED) is 0.136. The average molecular weight is 582 g/mol. The molecule has 2 heterocycles. The van der Waals surface area contributed by atoms with Gasteiger partial charge < -0.3 is 28.6 Å². The lowest BCUT2D eigenvalue weighted by molar-refractivity contribution is -0.140. The molecule has 2 aliphatic heterocycles. The monoisotopic (exact) mass is 581 g/mol. The van der Waals surface area contributed by atoms with Crippen molar-refractivity contribution in [2.45, 2.75) is 0 Å². The van der Waals surface area contributed by atoms with E-state index in [4.69, 9.17) is 23.7 Å². The van der Waals surface area contributed by atoms with E-state index < -0.39 is 5.97 Å². The molecule has 11 heteroatoms. The second-order valence-corrected chi connectivity index (χ2v) is 10.2.